The van der Waals surface area contributed by atoms with Crippen LogP contribution in [-0.4, -0.2) is 42.6 Å². The van der Waals surface area contributed by atoms with Gasteiger partial charge in [0.2, 0.25) is 6.41 Å². The van der Waals surface area contributed by atoms with Crippen molar-refractivity contribution in [3.63, 3.8) is 0 Å². The third-order valence-electron chi connectivity index (χ3n) is 5.46. The molecule has 1 saturated carbocycles. The van der Waals surface area contributed by atoms with Crippen molar-refractivity contribution in [2.45, 2.75) is 62.6 Å². The van der Waals surface area contributed by atoms with E-state index in [0.717, 1.165) is 38.6 Å². The van der Waals surface area contributed by atoms with Crippen LogP contribution in [0.3, 0.4) is 0 Å². The van der Waals surface area contributed by atoms with Crippen LogP contribution >= 0.6 is 0 Å². The van der Waals surface area contributed by atoms with E-state index in [1.807, 2.05) is 4.90 Å². The highest BCUT2D eigenvalue weighted by atomic mass is 16.5. The molecule has 4 nitrogen and oxygen atoms in total. The summed E-state index contributed by atoms with van der Waals surface area (Å²) in [6.07, 6.45) is 7.80. The Labute approximate surface area is 139 Å². The largest absolute Gasteiger partial charge is 0.376 e. The minimum Gasteiger partial charge on any atom is -0.376 e. The number of nitrogens with zero attached hydrogens (tertiary/aromatic N) is 1. The molecule has 2 atom stereocenters. The standard InChI is InChI=1S/C19H28N2O2/c20-18-7-4-12-21(14-22)19(18)13-23-17-10-8-16(9-11-17)15-5-2-1-3-6-15/h1-3,5-6,14,16-19H,4,7-13,20H2/t16?,17?,18-,19-/m0/s1. The average molecular weight is 316 g/mol. The van der Waals surface area contributed by atoms with Gasteiger partial charge in [0.15, 0.2) is 0 Å². The Balaban J connectivity index is 1.46. The lowest BCUT2D eigenvalue weighted by Crippen LogP contribution is -2.54. The summed E-state index contributed by atoms with van der Waals surface area (Å²) in [7, 11) is 0. The van der Waals surface area contributed by atoms with Gasteiger partial charge >= 0.3 is 0 Å². The fraction of sp³-hybridized carbons (Fsp3) is 0.632. The second-order valence-corrected chi connectivity index (χ2v) is 6.93. The summed E-state index contributed by atoms with van der Waals surface area (Å²) < 4.78 is 6.13. The van der Waals surface area contributed by atoms with Crippen LogP contribution in [-0.2, 0) is 9.53 Å². The maximum atomic E-state index is 11.2. The summed E-state index contributed by atoms with van der Waals surface area (Å²) in [5.41, 5.74) is 7.63. The first-order chi connectivity index (χ1) is 11.3. The van der Waals surface area contributed by atoms with Gasteiger partial charge in [0.25, 0.3) is 0 Å². The van der Waals surface area contributed by atoms with Crippen molar-refractivity contribution in [2.24, 2.45) is 5.73 Å². The number of rotatable bonds is 5. The highest BCUT2D eigenvalue weighted by molar-refractivity contribution is 5.48. The van der Waals surface area contributed by atoms with Crippen molar-refractivity contribution in [2.75, 3.05) is 13.2 Å². The second-order valence-electron chi connectivity index (χ2n) is 6.93. The maximum Gasteiger partial charge on any atom is 0.210 e. The van der Waals surface area contributed by atoms with E-state index in [0.29, 0.717) is 18.6 Å². The normalized spacial score (nSPS) is 31.8. The number of hydrogen-bond acceptors (Lipinski definition) is 3. The summed E-state index contributed by atoms with van der Waals surface area (Å²) in [6.45, 7) is 1.40. The Kier molecular flexibility index (Phi) is 5.68. The smallest absolute Gasteiger partial charge is 0.210 e. The van der Waals surface area contributed by atoms with Crippen LogP contribution in [0.2, 0.25) is 0 Å². The predicted octanol–water partition coefficient (Wildman–Crippen LogP) is 2.68. The third kappa shape index (κ3) is 4.12. The van der Waals surface area contributed by atoms with E-state index in [1.165, 1.54) is 18.4 Å². The van der Waals surface area contributed by atoms with Gasteiger partial charge in [0, 0.05) is 12.6 Å². The van der Waals surface area contributed by atoms with E-state index >= 15 is 0 Å². The van der Waals surface area contributed by atoms with Gasteiger partial charge in [0.05, 0.1) is 18.8 Å². The Morgan fingerprint density at radius 3 is 2.57 bits per heavy atom. The fourth-order valence-corrected chi connectivity index (χ4v) is 3.99. The lowest BCUT2D eigenvalue weighted by atomic mass is 9.83. The highest BCUT2D eigenvalue weighted by Crippen LogP contribution is 2.34. The molecule has 1 aromatic rings. The molecular formula is C19H28N2O2. The van der Waals surface area contributed by atoms with Crippen LogP contribution in [0.4, 0.5) is 0 Å². The number of nitrogens with two attached hydrogens (primary N) is 1. The maximum absolute atomic E-state index is 11.2. The molecule has 1 aromatic carbocycles. The van der Waals surface area contributed by atoms with Gasteiger partial charge in [-0.3, -0.25) is 4.79 Å². The van der Waals surface area contributed by atoms with Gasteiger partial charge in [-0.1, -0.05) is 30.3 Å². The number of benzene rings is 1. The van der Waals surface area contributed by atoms with Crippen molar-refractivity contribution >= 4 is 6.41 Å². The molecule has 0 spiro atoms. The molecule has 0 aromatic heterocycles. The Morgan fingerprint density at radius 2 is 1.87 bits per heavy atom. The number of hydrogen-bond donors (Lipinski definition) is 1. The lowest BCUT2D eigenvalue weighted by Gasteiger charge is -2.38. The molecule has 1 heterocycles. The molecule has 4 heteroatoms. The van der Waals surface area contributed by atoms with Crippen molar-refractivity contribution in [1.82, 2.24) is 4.90 Å². The zero-order valence-electron chi connectivity index (χ0n) is 13.8. The average Bonchev–Trinajstić information content (AvgIpc) is 2.61. The van der Waals surface area contributed by atoms with Crippen LogP contribution in [0.25, 0.3) is 0 Å². The van der Waals surface area contributed by atoms with Gasteiger partial charge < -0.3 is 15.4 Å². The van der Waals surface area contributed by atoms with Crippen LogP contribution < -0.4 is 5.73 Å². The van der Waals surface area contributed by atoms with Gasteiger partial charge in [-0.25, -0.2) is 0 Å². The molecule has 2 N–H and O–H groups in total. The number of carbonyl (C=O) groups excluding carboxylic acids is 1. The van der Waals surface area contributed by atoms with E-state index in [9.17, 15) is 4.79 Å². The van der Waals surface area contributed by atoms with E-state index < -0.39 is 0 Å². The number of ether oxygens (including phenoxy) is 1. The molecule has 1 aliphatic heterocycles. The molecule has 0 bridgehead atoms. The predicted molar refractivity (Wildman–Crippen MR) is 91.2 cm³/mol. The number of likely N-dealkylation sites (tertiary alicyclic amines) is 1. The Bertz CT molecular complexity index is 485. The van der Waals surface area contributed by atoms with Crippen molar-refractivity contribution in [1.29, 1.82) is 0 Å². The van der Waals surface area contributed by atoms with Crippen LogP contribution in [0.1, 0.15) is 50.0 Å². The SMILES string of the molecule is N[C@H]1CCCN(C=O)[C@H]1COC1CCC(c2ccccc2)CC1. The van der Waals surface area contributed by atoms with Crippen LogP contribution in [0, 0.1) is 0 Å². The first-order valence-corrected chi connectivity index (χ1v) is 8.91. The molecule has 3 rings (SSSR count). The molecule has 126 valence electrons. The molecule has 2 fully saturated rings. The fourth-order valence-electron chi connectivity index (χ4n) is 3.99. The van der Waals surface area contributed by atoms with E-state index in [4.69, 9.17) is 10.5 Å². The molecule has 1 aliphatic carbocycles. The number of carbonyl (C=O) groups is 1. The van der Waals surface area contributed by atoms with Crippen molar-refractivity contribution < 1.29 is 9.53 Å². The Hall–Kier alpha value is -1.39. The summed E-state index contributed by atoms with van der Waals surface area (Å²) in [5.74, 6) is 0.666. The van der Waals surface area contributed by atoms with Crippen molar-refractivity contribution in [3.05, 3.63) is 35.9 Å². The molecular weight excluding hydrogens is 288 g/mol. The molecule has 2 aliphatic rings. The van der Waals surface area contributed by atoms with Gasteiger partial charge in [-0.15, -0.1) is 0 Å². The minimum atomic E-state index is 0.0492. The summed E-state index contributed by atoms with van der Waals surface area (Å²) >= 11 is 0. The zero-order valence-corrected chi connectivity index (χ0v) is 13.8. The van der Waals surface area contributed by atoms with Gasteiger partial charge in [0.1, 0.15) is 0 Å². The molecule has 23 heavy (non-hydrogen) atoms. The number of amides is 1. The van der Waals surface area contributed by atoms with E-state index in [1.54, 1.807) is 0 Å². The second kappa shape index (κ2) is 7.93. The molecule has 1 amide bonds. The topological polar surface area (TPSA) is 55.6 Å². The molecule has 0 radical (unpaired) electrons. The zero-order chi connectivity index (χ0) is 16.1. The molecule has 0 unspecified atom stereocenters. The molecule has 1 saturated heterocycles. The lowest BCUT2D eigenvalue weighted by molar-refractivity contribution is -0.124. The third-order valence-corrected chi connectivity index (χ3v) is 5.46. The first-order valence-electron chi connectivity index (χ1n) is 8.91. The highest BCUT2D eigenvalue weighted by Gasteiger charge is 2.30. The van der Waals surface area contributed by atoms with Crippen LogP contribution in [0.15, 0.2) is 30.3 Å². The van der Waals surface area contributed by atoms with Crippen LogP contribution in [0.5, 0.6) is 0 Å². The Morgan fingerprint density at radius 1 is 1.13 bits per heavy atom. The van der Waals surface area contributed by atoms with E-state index in [-0.39, 0.29) is 12.1 Å². The quantitative estimate of drug-likeness (QED) is 0.850. The van der Waals surface area contributed by atoms with Gasteiger partial charge in [-0.2, -0.15) is 0 Å². The first kappa shape index (κ1) is 16.5. The van der Waals surface area contributed by atoms with Crippen molar-refractivity contribution in [3.8, 4) is 0 Å². The summed E-state index contributed by atoms with van der Waals surface area (Å²) in [5, 5.41) is 0. The van der Waals surface area contributed by atoms with E-state index in [2.05, 4.69) is 30.3 Å². The van der Waals surface area contributed by atoms with Gasteiger partial charge in [-0.05, 0) is 50.0 Å². The summed E-state index contributed by atoms with van der Waals surface area (Å²) in [6, 6.07) is 10.9. The summed E-state index contributed by atoms with van der Waals surface area (Å²) in [4.78, 5) is 13.0. The minimum absolute atomic E-state index is 0.0492. The monoisotopic (exact) mass is 316 g/mol. The number of piperidine rings is 1.